The SMILES string of the molecule is c1ncc(-c2ccc3[nH]nc(-c4cc5c(N6CCCCC6)cncc5[nH]4)c3c2)cc1CN1CCCCC1. The molecule has 6 heterocycles. The van der Waals surface area contributed by atoms with Crippen LogP contribution in [0.3, 0.4) is 0 Å². The Labute approximate surface area is 216 Å². The Morgan fingerprint density at radius 3 is 2.38 bits per heavy atom. The molecule has 2 N–H and O–H groups in total. The van der Waals surface area contributed by atoms with E-state index in [0.29, 0.717) is 0 Å². The fourth-order valence-corrected chi connectivity index (χ4v) is 6.06. The van der Waals surface area contributed by atoms with Gasteiger partial charge < -0.3 is 9.88 Å². The number of fused-ring (bicyclic) bond motifs is 2. The summed E-state index contributed by atoms with van der Waals surface area (Å²) in [7, 11) is 0. The highest BCUT2D eigenvalue weighted by atomic mass is 15.1. The number of aromatic nitrogens is 5. The van der Waals surface area contributed by atoms with Gasteiger partial charge in [0.25, 0.3) is 0 Å². The molecule has 7 nitrogen and oxygen atoms in total. The van der Waals surface area contributed by atoms with Crippen molar-refractivity contribution in [1.29, 1.82) is 0 Å². The summed E-state index contributed by atoms with van der Waals surface area (Å²) < 4.78 is 0. The van der Waals surface area contributed by atoms with Crippen molar-refractivity contribution in [2.24, 2.45) is 0 Å². The summed E-state index contributed by atoms with van der Waals surface area (Å²) in [6.07, 6.45) is 15.7. The number of piperidine rings is 2. The molecular weight excluding hydrogens is 458 g/mol. The van der Waals surface area contributed by atoms with Gasteiger partial charge in [-0.1, -0.05) is 12.5 Å². The van der Waals surface area contributed by atoms with E-state index in [1.165, 1.54) is 68.3 Å². The van der Waals surface area contributed by atoms with Crippen LogP contribution in [-0.2, 0) is 6.54 Å². The van der Waals surface area contributed by atoms with E-state index >= 15 is 0 Å². The van der Waals surface area contributed by atoms with Crippen LogP contribution in [-0.4, -0.2) is 56.2 Å². The molecule has 2 saturated heterocycles. The molecule has 5 aromatic rings. The van der Waals surface area contributed by atoms with Gasteiger partial charge in [-0.15, -0.1) is 0 Å². The molecule has 0 aliphatic carbocycles. The highest BCUT2D eigenvalue weighted by molar-refractivity contribution is 6.00. The summed E-state index contributed by atoms with van der Waals surface area (Å²) >= 11 is 0. The van der Waals surface area contributed by atoms with Crippen LogP contribution in [0.2, 0.25) is 0 Å². The average Bonchev–Trinajstić information content (AvgIpc) is 3.58. The third-order valence-corrected chi connectivity index (χ3v) is 8.02. The number of anilines is 1. The standard InChI is InChI=1S/C30H33N7/c1-3-9-36(10-4-1)20-21-13-23(17-31-16-21)22-7-8-26-25(14-22)30(35-34-26)27-15-24-28(33-27)18-32-19-29(24)37-11-5-2-6-12-37/h7-8,13-19,33H,1-6,9-12,20H2,(H,34,35). The molecule has 1 aromatic carbocycles. The molecule has 0 unspecified atom stereocenters. The van der Waals surface area contributed by atoms with E-state index in [0.717, 1.165) is 58.6 Å². The minimum atomic E-state index is 0.940. The van der Waals surface area contributed by atoms with Crippen LogP contribution in [0.15, 0.2) is 55.1 Å². The van der Waals surface area contributed by atoms with Crippen molar-refractivity contribution in [1.82, 2.24) is 30.0 Å². The molecule has 0 spiro atoms. The fraction of sp³-hybridized carbons (Fsp3) is 0.367. The Morgan fingerprint density at radius 1 is 0.703 bits per heavy atom. The minimum Gasteiger partial charge on any atom is -0.370 e. The van der Waals surface area contributed by atoms with E-state index in [1.54, 1.807) is 0 Å². The van der Waals surface area contributed by atoms with Crippen LogP contribution in [0.4, 0.5) is 5.69 Å². The van der Waals surface area contributed by atoms with Crippen LogP contribution in [0, 0.1) is 0 Å². The van der Waals surface area contributed by atoms with Crippen molar-refractivity contribution < 1.29 is 0 Å². The topological polar surface area (TPSA) is 76.7 Å². The zero-order valence-corrected chi connectivity index (χ0v) is 21.2. The molecule has 2 aliphatic heterocycles. The molecule has 0 saturated carbocycles. The molecule has 4 aromatic heterocycles. The molecule has 2 fully saturated rings. The predicted octanol–water partition coefficient (Wildman–Crippen LogP) is 6.14. The predicted molar refractivity (Wildman–Crippen MR) is 150 cm³/mol. The lowest BCUT2D eigenvalue weighted by atomic mass is 10.0. The Kier molecular flexibility index (Phi) is 5.85. The zero-order valence-electron chi connectivity index (χ0n) is 21.2. The van der Waals surface area contributed by atoms with E-state index < -0.39 is 0 Å². The van der Waals surface area contributed by atoms with E-state index in [4.69, 9.17) is 5.10 Å². The monoisotopic (exact) mass is 491 g/mol. The van der Waals surface area contributed by atoms with Crippen molar-refractivity contribution in [3.05, 3.63) is 60.7 Å². The van der Waals surface area contributed by atoms with Gasteiger partial charge in [-0.05, 0) is 80.6 Å². The van der Waals surface area contributed by atoms with Crippen LogP contribution in [0.5, 0.6) is 0 Å². The molecule has 0 atom stereocenters. The largest absolute Gasteiger partial charge is 0.370 e. The Morgan fingerprint density at radius 2 is 1.51 bits per heavy atom. The molecule has 37 heavy (non-hydrogen) atoms. The number of nitrogens with zero attached hydrogens (tertiary/aromatic N) is 5. The van der Waals surface area contributed by atoms with E-state index in [2.05, 4.69) is 60.2 Å². The van der Waals surface area contributed by atoms with Gasteiger partial charge in [-0.2, -0.15) is 5.10 Å². The summed E-state index contributed by atoms with van der Waals surface area (Å²) in [5.41, 5.74) is 8.85. The smallest absolute Gasteiger partial charge is 0.116 e. The first kappa shape index (κ1) is 22.5. The first-order chi connectivity index (χ1) is 18.3. The first-order valence-corrected chi connectivity index (χ1v) is 13.7. The van der Waals surface area contributed by atoms with Crippen molar-refractivity contribution in [2.45, 2.75) is 45.1 Å². The zero-order chi connectivity index (χ0) is 24.6. The normalized spacial score (nSPS) is 17.1. The van der Waals surface area contributed by atoms with Gasteiger partial charge in [0.1, 0.15) is 5.69 Å². The Bertz CT molecular complexity index is 1540. The van der Waals surface area contributed by atoms with Gasteiger partial charge in [0.15, 0.2) is 0 Å². The van der Waals surface area contributed by atoms with Crippen LogP contribution < -0.4 is 4.90 Å². The molecule has 0 bridgehead atoms. The van der Waals surface area contributed by atoms with Crippen molar-refractivity contribution in [2.75, 3.05) is 31.1 Å². The molecular formula is C30H33N7. The van der Waals surface area contributed by atoms with E-state index in [1.807, 2.05) is 24.8 Å². The number of likely N-dealkylation sites (tertiary alicyclic amines) is 1. The maximum Gasteiger partial charge on any atom is 0.116 e. The number of benzene rings is 1. The second kappa shape index (κ2) is 9.63. The first-order valence-electron chi connectivity index (χ1n) is 13.7. The Hall–Kier alpha value is -3.71. The lowest BCUT2D eigenvalue weighted by molar-refractivity contribution is 0.220. The summed E-state index contributed by atoms with van der Waals surface area (Å²) in [6, 6.07) is 11.1. The van der Waals surface area contributed by atoms with E-state index in [-0.39, 0.29) is 0 Å². The second-order valence-corrected chi connectivity index (χ2v) is 10.6. The van der Waals surface area contributed by atoms with Gasteiger partial charge in [0.05, 0.1) is 34.8 Å². The van der Waals surface area contributed by atoms with E-state index in [9.17, 15) is 0 Å². The number of rotatable bonds is 5. The van der Waals surface area contributed by atoms with Gasteiger partial charge in [-0.3, -0.25) is 20.0 Å². The van der Waals surface area contributed by atoms with Gasteiger partial charge in [-0.25, -0.2) is 0 Å². The molecule has 0 amide bonds. The number of pyridine rings is 2. The minimum absolute atomic E-state index is 0.940. The quantitative estimate of drug-likeness (QED) is 0.309. The summed E-state index contributed by atoms with van der Waals surface area (Å²) in [4.78, 5) is 17.7. The maximum atomic E-state index is 4.72. The number of aromatic amines is 2. The van der Waals surface area contributed by atoms with Crippen LogP contribution in [0.25, 0.3) is 44.3 Å². The second-order valence-electron chi connectivity index (χ2n) is 10.6. The molecule has 7 rings (SSSR count). The highest BCUT2D eigenvalue weighted by Gasteiger charge is 2.18. The number of H-pyrrole nitrogens is 2. The van der Waals surface area contributed by atoms with Crippen molar-refractivity contribution in [3.8, 4) is 22.5 Å². The molecule has 188 valence electrons. The molecule has 0 radical (unpaired) electrons. The lowest BCUT2D eigenvalue weighted by Gasteiger charge is -2.28. The fourth-order valence-electron chi connectivity index (χ4n) is 6.06. The third kappa shape index (κ3) is 4.37. The molecule has 2 aliphatic rings. The lowest BCUT2D eigenvalue weighted by Crippen LogP contribution is -2.29. The van der Waals surface area contributed by atoms with Gasteiger partial charge in [0, 0.05) is 48.4 Å². The number of hydrogen-bond acceptors (Lipinski definition) is 5. The van der Waals surface area contributed by atoms with Gasteiger partial charge in [0.2, 0.25) is 0 Å². The maximum absolute atomic E-state index is 4.72. The highest BCUT2D eigenvalue weighted by Crippen LogP contribution is 2.35. The van der Waals surface area contributed by atoms with Crippen molar-refractivity contribution >= 4 is 27.5 Å². The number of hydrogen-bond donors (Lipinski definition) is 2. The number of nitrogens with one attached hydrogen (secondary N) is 2. The van der Waals surface area contributed by atoms with Crippen molar-refractivity contribution in [3.63, 3.8) is 0 Å². The third-order valence-electron chi connectivity index (χ3n) is 8.02. The summed E-state index contributed by atoms with van der Waals surface area (Å²) in [5, 5.41) is 10.3. The van der Waals surface area contributed by atoms with Crippen LogP contribution in [0.1, 0.15) is 44.1 Å². The summed E-state index contributed by atoms with van der Waals surface area (Å²) in [6.45, 7) is 5.55. The van der Waals surface area contributed by atoms with Crippen LogP contribution >= 0.6 is 0 Å². The Balaban J connectivity index is 1.23. The average molecular weight is 492 g/mol. The summed E-state index contributed by atoms with van der Waals surface area (Å²) in [5.74, 6) is 0. The molecule has 7 heteroatoms. The van der Waals surface area contributed by atoms with Gasteiger partial charge >= 0.3 is 0 Å².